The maximum atomic E-state index is 12.7. The molecule has 2 aromatic carbocycles. The van der Waals surface area contributed by atoms with E-state index in [4.69, 9.17) is 4.74 Å². The normalized spacial score (nSPS) is 12.4. The second-order valence-electron chi connectivity index (χ2n) is 10.1. The molecule has 2 rings (SSSR count). The molecule has 1 atom stereocenters. The van der Waals surface area contributed by atoms with Crippen molar-refractivity contribution in [3.05, 3.63) is 70.8 Å². The van der Waals surface area contributed by atoms with E-state index in [1.165, 1.54) is 0 Å². The van der Waals surface area contributed by atoms with E-state index in [2.05, 4.69) is 27.8 Å². The van der Waals surface area contributed by atoms with Gasteiger partial charge in [0.05, 0.1) is 12.1 Å². The van der Waals surface area contributed by atoms with Gasteiger partial charge in [0.15, 0.2) is 0 Å². The minimum atomic E-state index is -2.37. The highest BCUT2D eigenvalue weighted by atomic mass is 19.3. The van der Waals surface area contributed by atoms with Gasteiger partial charge in [-0.05, 0) is 83.5 Å². The van der Waals surface area contributed by atoms with Crippen LogP contribution >= 0.6 is 0 Å². The third kappa shape index (κ3) is 10.0. The number of benzene rings is 2. The third-order valence-corrected chi connectivity index (χ3v) is 5.33. The molecule has 1 unspecified atom stereocenters. The summed E-state index contributed by atoms with van der Waals surface area (Å²) in [5.74, 6) is 5.84. The van der Waals surface area contributed by atoms with E-state index < -0.39 is 23.7 Å². The Morgan fingerprint density at radius 3 is 1.94 bits per heavy atom. The standard InChI is InChI=1S/C28H35F2N3O3/c1-19(28(5,6)33-26(35)36-27(2,3)4)32-25(34)23-15-13-21(14-16-23)8-7-20-9-11-22(12-10-20)17-31-18-24(29)30/h9-16,19,24,31H,17-18H2,1-6H3,(H,32,34)(H,33,35). The number of nitrogens with one attached hydrogen (secondary N) is 3. The predicted octanol–water partition coefficient (Wildman–Crippen LogP) is 4.86. The number of alkyl carbamates (subject to hydrolysis) is 1. The number of alkyl halides is 2. The Balaban J connectivity index is 1.93. The molecule has 0 aliphatic heterocycles. The monoisotopic (exact) mass is 499 g/mol. The van der Waals surface area contributed by atoms with Gasteiger partial charge >= 0.3 is 6.09 Å². The largest absolute Gasteiger partial charge is 0.444 e. The molecule has 0 aliphatic rings. The van der Waals surface area contributed by atoms with Crippen LogP contribution in [0.1, 0.15) is 68.6 Å². The number of ether oxygens (including phenoxy) is 1. The molecule has 2 aromatic rings. The molecule has 0 fully saturated rings. The number of carbonyl (C=O) groups excluding carboxylic acids is 2. The smallest absolute Gasteiger partial charge is 0.408 e. The molecule has 0 bridgehead atoms. The predicted molar refractivity (Wildman–Crippen MR) is 137 cm³/mol. The van der Waals surface area contributed by atoms with E-state index >= 15 is 0 Å². The second-order valence-corrected chi connectivity index (χ2v) is 10.1. The maximum absolute atomic E-state index is 12.7. The summed E-state index contributed by atoms with van der Waals surface area (Å²) in [6.07, 6.45) is -2.92. The van der Waals surface area contributed by atoms with Crippen LogP contribution in [0.2, 0.25) is 0 Å². The molecular weight excluding hydrogens is 464 g/mol. The lowest BCUT2D eigenvalue weighted by atomic mass is 9.96. The maximum Gasteiger partial charge on any atom is 0.408 e. The van der Waals surface area contributed by atoms with E-state index in [0.29, 0.717) is 12.1 Å². The van der Waals surface area contributed by atoms with Gasteiger partial charge in [0, 0.05) is 29.3 Å². The van der Waals surface area contributed by atoms with Crippen molar-refractivity contribution in [2.24, 2.45) is 0 Å². The molecule has 0 saturated heterocycles. The Labute approximate surface area is 212 Å². The van der Waals surface area contributed by atoms with Crippen molar-refractivity contribution < 1.29 is 23.1 Å². The summed E-state index contributed by atoms with van der Waals surface area (Å²) in [6.45, 7) is 10.8. The quantitative estimate of drug-likeness (QED) is 0.453. The molecule has 0 heterocycles. The summed E-state index contributed by atoms with van der Waals surface area (Å²) in [5, 5.41) is 8.40. The van der Waals surface area contributed by atoms with Crippen LogP contribution < -0.4 is 16.0 Å². The average Bonchev–Trinajstić information content (AvgIpc) is 2.77. The van der Waals surface area contributed by atoms with Crippen LogP contribution in [0.15, 0.2) is 48.5 Å². The van der Waals surface area contributed by atoms with Gasteiger partial charge < -0.3 is 20.7 Å². The van der Waals surface area contributed by atoms with Gasteiger partial charge in [0.25, 0.3) is 12.3 Å². The number of rotatable bonds is 8. The summed E-state index contributed by atoms with van der Waals surface area (Å²) in [5.41, 5.74) is 1.56. The first-order valence-electron chi connectivity index (χ1n) is 11.8. The molecule has 36 heavy (non-hydrogen) atoms. The molecular formula is C28H35F2N3O3. The fraction of sp³-hybridized carbons (Fsp3) is 0.429. The summed E-state index contributed by atoms with van der Waals surface area (Å²) in [7, 11) is 0. The van der Waals surface area contributed by atoms with E-state index in [1.807, 2.05) is 45.0 Å². The third-order valence-electron chi connectivity index (χ3n) is 5.33. The minimum absolute atomic E-state index is 0.267. The SMILES string of the molecule is CC(NC(=O)c1ccc(C#Cc2ccc(CNCC(F)F)cc2)cc1)C(C)(C)NC(=O)OC(C)(C)C. The molecule has 0 radical (unpaired) electrons. The lowest BCUT2D eigenvalue weighted by Gasteiger charge is -2.34. The molecule has 0 aliphatic carbocycles. The Bertz CT molecular complexity index is 1080. The van der Waals surface area contributed by atoms with Crippen LogP contribution in [0.5, 0.6) is 0 Å². The van der Waals surface area contributed by atoms with Crippen molar-refractivity contribution in [1.82, 2.24) is 16.0 Å². The average molecular weight is 500 g/mol. The Hall–Kier alpha value is -3.44. The Kier molecular flexibility index (Phi) is 10.00. The minimum Gasteiger partial charge on any atom is -0.444 e. The van der Waals surface area contributed by atoms with Crippen LogP contribution in [-0.2, 0) is 11.3 Å². The zero-order valence-corrected chi connectivity index (χ0v) is 21.7. The molecule has 0 saturated carbocycles. The number of hydrogen-bond acceptors (Lipinski definition) is 4. The van der Waals surface area contributed by atoms with Crippen molar-refractivity contribution in [1.29, 1.82) is 0 Å². The highest BCUT2D eigenvalue weighted by Crippen LogP contribution is 2.14. The summed E-state index contributed by atoms with van der Waals surface area (Å²) < 4.78 is 29.7. The first-order valence-corrected chi connectivity index (χ1v) is 11.8. The zero-order valence-electron chi connectivity index (χ0n) is 21.7. The molecule has 8 heteroatoms. The zero-order chi connectivity index (χ0) is 26.9. The van der Waals surface area contributed by atoms with Crippen LogP contribution in [0.3, 0.4) is 0 Å². The van der Waals surface area contributed by atoms with Crippen LogP contribution in [-0.4, -0.2) is 42.2 Å². The van der Waals surface area contributed by atoms with E-state index in [0.717, 1.165) is 16.7 Å². The van der Waals surface area contributed by atoms with Crippen molar-refractivity contribution in [3.8, 4) is 11.8 Å². The van der Waals surface area contributed by atoms with Gasteiger partial charge in [0.1, 0.15) is 5.60 Å². The van der Waals surface area contributed by atoms with Crippen LogP contribution in [0.4, 0.5) is 13.6 Å². The molecule has 0 spiro atoms. The van der Waals surface area contributed by atoms with Crippen molar-refractivity contribution >= 4 is 12.0 Å². The van der Waals surface area contributed by atoms with E-state index in [9.17, 15) is 18.4 Å². The van der Waals surface area contributed by atoms with Crippen molar-refractivity contribution in [2.75, 3.05) is 6.54 Å². The summed E-state index contributed by atoms with van der Waals surface area (Å²) in [6, 6.07) is 13.9. The fourth-order valence-corrected chi connectivity index (χ4v) is 3.02. The Morgan fingerprint density at radius 2 is 1.44 bits per heavy atom. The fourth-order valence-electron chi connectivity index (χ4n) is 3.02. The molecule has 6 nitrogen and oxygen atoms in total. The lowest BCUT2D eigenvalue weighted by molar-refractivity contribution is 0.0448. The van der Waals surface area contributed by atoms with Crippen molar-refractivity contribution in [2.45, 2.75) is 71.7 Å². The first-order chi connectivity index (χ1) is 16.7. The summed E-state index contributed by atoms with van der Waals surface area (Å²) >= 11 is 0. The topological polar surface area (TPSA) is 79.5 Å². The van der Waals surface area contributed by atoms with Crippen molar-refractivity contribution in [3.63, 3.8) is 0 Å². The van der Waals surface area contributed by atoms with Gasteiger partial charge in [-0.2, -0.15) is 0 Å². The molecule has 2 amide bonds. The van der Waals surface area contributed by atoms with Gasteiger partial charge in [0.2, 0.25) is 0 Å². The van der Waals surface area contributed by atoms with Gasteiger partial charge in [-0.1, -0.05) is 24.0 Å². The lowest BCUT2D eigenvalue weighted by Crippen LogP contribution is -2.58. The number of carbonyl (C=O) groups is 2. The molecule has 3 N–H and O–H groups in total. The van der Waals surface area contributed by atoms with E-state index in [-0.39, 0.29) is 18.5 Å². The van der Waals surface area contributed by atoms with Crippen LogP contribution in [0, 0.1) is 11.8 Å². The van der Waals surface area contributed by atoms with E-state index in [1.54, 1.807) is 45.0 Å². The van der Waals surface area contributed by atoms with Gasteiger partial charge in [-0.25, -0.2) is 13.6 Å². The van der Waals surface area contributed by atoms with Gasteiger partial charge in [-0.3, -0.25) is 4.79 Å². The Morgan fingerprint density at radius 1 is 0.917 bits per heavy atom. The second kappa shape index (κ2) is 12.5. The molecule has 0 aromatic heterocycles. The highest BCUT2D eigenvalue weighted by Gasteiger charge is 2.31. The highest BCUT2D eigenvalue weighted by molar-refractivity contribution is 5.94. The molecule has 194 valence electrons. The number of hydrogen-bond donors (Lipinski definition) is 3. The summed E-state index contributed by atoms with van der Waals surface area (Å²) in [4.78, 5) is 24.8. The van der Waals surface area contributed by atoms with Gasteiger partial charge in [-0.15, -0.1) is 0 Å². The number of amides is 2. The first kappa shape index (κ1) is 28.8. The van der Waals surface area contributed by atoms with Crippen LogP contribution in [0.25, 0.3) is 0 Å². The number of halogens is 2.